The third-order valence-corrected chi connectivity index (χ3v) is 4.18. The number of hydrogen-bond acceptors (Lipinski definition) is 2. The number of benzene rings is 1. The lowest BCUT2D eigenvalue weighted by Gasteiger charge is -2.24. The Kier molecular flexibility index (Phi) is 8.35. The zero-order valence-electron chi connectivity index (χ0n) is 12.3. The molecular weight excluding hydrogens is 302 g/mol. The molecule has 2 unspecified atom stereocenters. The SMILES string of the molecule is CCNCC(Cc1ccc(Br)cc1)C(C)CCOC. The normalized spacial score (nSPS) is 14.3. The topological polar surface area (TPSA) is 21.3 Å². The van der Waals surface area contributed by atoms with Crippen molar-refractivity contribution in [3.05, 3.63) is 34.3 Å². The second kappa shape index (κ2) is 9.51. The van der Waals surface area contributed by atoms with E-state index < -0.39 is 0 Å². The molecule has 108 valence electrons. The van der Waals surface area contributed by atoms with Gasteiger partial charge < -0.3 is 10.1 Å². The van der Waals surface area contributed by atoms with Gasteiger partial charge >= 0.3 is 0 Å². The fourth-order valence-electron chi connectivity index (χ4n) is 2.27. The van der Waals surface area contributed by atoms with Gasteiger partial charge in [0.15, 0.2) is 0 Å². The van der Waals surface area contributed by atoms with E-state index in [1.54, 1.807) is 7.11 Å². The summed E-state index contributed by atoms with van der Waals surface area (Å²) in [6.07, 6.45) is 2.26. The number of hydrogen-bond donors (Lipinski definition) is 1. The Bertz CT molecular complexity index is 339. The van der Waals surface area contributed by atoms with Gasteiger partial charge in [-0.05, 0) is 55.5 Å². The summed E-state index contributed by atoms with van der Waals surface area (Å²) >= 11 is 3.49. The molecule has 0 heterocycles. The second-order valence-electron chi connectivity index (χ2n) is 5.16. The predicted octanol–water partition coefficient (Wildman–Crippen LogP) is 3.89. The second-order valence-corrected chi connectivity index (χ2v) is 6.07. The maximum Gasteiger partial charge on any atom is 0.0464 e. The fourth-order valence-corrected chi connectivity index (χ4v) is 2.53. The van der Waals surface area contributed by atoms with Crippen LogP contribution in [0.1, 0.15) is 25.8 Å². The highest BCUT2D eigenvalue weighted by molar-refractivity contribution is 9.10. The van der Waals surface area contributed by atoms with Crippen LogP contribution in [-0.4, -0.2) is 26.8 Å². The van der Waals surface area contributed by atoms with Crippen LogP contribution in [0.25, 0.3) is 0 Å². The quantitative estimate of drug-likeness (QED) is 0.742. The van der Waals surface area contributed by atoms with Gasteiger partial charge in [0.1, 0.15) is 0 Å². The molecule has 0 radical (unpaired) electrons. The van der Waals surface area contributed by atoms with E-state index in [-0.39, 0.29) is 0 Å². The first-order valence-electron chi connectivity index (χ1n) is 7.11. The van der Waals surface area contributed by atoms with E-state index in [1.165, 1.54) is 5.56 Å². The predicted molar refractivity (Wildman–Crippen MR) is 85.5 cm³/mol. The van der Waals surface area contributed by atoms with Crippen LogP contribution in [0.5, 0.6) is 0 Å². The molecule has 3 heteroatoms. The first-order chi connectivity index (χ1) is 9.17. The van der Waals surface area contributed by atoms with E-state index in [4.69, 9.17) is 4.74 Å². The van der Waals surface area contributed by atoms with E-state index in [0.29, 0.717) is 11.8 Å². The lowest BCUT2D eigenvalue weighted by atomic mass is 9.86. The first kappa shape index (κ1) is 16.7. The smallest absolute Gasteiger partial charge is 0.0464 e. The molecule has 0 bridgehead atoms. The number of ether oxygens (including phenoxy) is 1. The van der Waals surface area contributed by atoms with Crippen molar-refractivity contribution in [2.45, 2.75) is 26.7 Å². The average molecular weight is 328 g/mol. The minimum atomic E-state index is 0.663. The summed E-state index contributed by atoms with van der Waals surface area (Å²) in [5, 5.41) is 3.49. The van der Waals surface area contributed by atoms with E-state index in [0.717, 1.165) is 37.0 Å². The Morgan fingerprint density at radius 1 is 1.26 bits per heavy atom. The highest BCUT2D eigenvalue weighted by Crippen LogP contribution is 2.21. The van der Waals surface area contributed by atoms with Gasteiger partial charge in [0.25, 0.3) is 0 Å². The summed E-state index contributed by atoms with van der Waals surface area (Å²) in [7, 11) is 1.78. The highest BCUT2D eigenvalue weighted by Gasteiger charge is 2.17. The molecule has 1 N–H and O–H groups in total. The highest BCUT2D eigenvalue weighted by atomic mass is 79.9. The lowest BCUT2D eigenvalue weighted by Crippen LogP contribution is -2.29. The van der Waals surface area contributed by atoms with Gasteiger partial charge in [-0.25, -0.2) is 0 Å². The van der Waals surface area contributed by atoms with Crippen LogP contribution in [0.15, 0.2) is 28.7 Å². The molecule has 0 amide bonds. The fraction of sp³-hybridized carbons (Fsp3) is 0.625. The van der Waals surface area contributed by atoms with Gasteiger partial charge in [-0.1, -0.05) is 41.9 Å². The zero-order chi connectivity index (χ0) is 14.1. The standard InChI is InChI=1S/C16H26BrNO/c1-4-18-12-15(13(2)9-10-19-3)11-14-5-7-16(17)8-6-14/h5-8,13,15,18H,4,9-12H2,1-3H3. The molecule has 1 aromatic rings. The van der Waals surface area contributed by atoms with Crippen LogP contribution in [0.4, 0.5) is 0 Å². The molecule has 1 rings (SSSR count). The van der Waals surface area contributed by atoms with Gasteiger partial charge in [0.2, 0.25) is 0 Å². The van der Waals surface area contributed by atoms with Crippen LogP contribution >= 0.6 is 15.9 Å². The van der Waals surface area contributed by atoms with Gasteiger partial charge in [-0.3, -0.25) is 0 Å². The Hall–Kier alpha value is -0.380. The van der Waals surface area contributed by atoms with Crippen molar-refractivity contribution in [1.29, 1.82) is 0 Å². The Morgan fingerprint density at radius 2 is 1.95 bits per heavy atom. The molecule has 2 atom stereocenters. The van der Waals surface area contributed by atoms with Crippen molar-refractivity contribution in [3.63, 3.8) is 0 Å². The molecule has 0 saturated heterocycles. The summed E-state index contributed by atoms with van der Waals surface area (Å²) < 4.78 is 6.35. The minimum Gasteiger partial charge on any atom is -0.385 e. The van der Waals surface area contributed by atoms with E-state index in [1.807, 2.05) is 0 Å². The Morgan fingerprint density at radius 3 is 2.53 bits per heavy atom. The largest absolute Gasteiger partial charge is 0.385 e. The number of methoxy groups -OCH3 is 1. The van der Waals surface area contributed by atoms with E-state index >= 15 is 0 Å². The number of nitrogens with one attached hydrogen (secondary N) is 1. The zero-order valence-corrected chi connectivity index (χ0v) is 13.9. The lowest BCUT2D eigenvalue weighted by molar-refractivity contribution is 0.164. The molecule has 0 spiro atoms. The Labute approximate surface area is 126 Å². The Balaban J connectivity index is 2.59. The van der Waals surface area contributed by atoms with Gasteiger partial charge in [0, 0.05) is 18.2 Å². The van der Waals surface area contributed by atoms with E-state index in [2.05, 4.69) is 59.4 Å². The van der Waals surface area contributed by atoms with E-state index in [9.17, 15) is 0 Å². The molecule has 1 aromatic carbocycles. The third-order valence-electron chi connectivity index (χ3n) is 3.65. The summed E-state index contributed by atoms with van der Waals surface area (Å²) in [6.45, 7) is 7.46. The molecule has 19 heavy (non-hydrogen) atoms. The molecule has 0 fully saturated rings. The number of rotatable bonds is 9. The maximum absolute atomic E-state index is 5.21. The average Bonchev–Trinajstić information content (AvgIpc) is 2.42. The molecule has 0 aliphatic heterocycles. The summed E-state index contributed by atoms with van der Waals surface area (Å²) in [5.41, 5.74) is 1.41. The third kappa shape index (κ3) is 6.55. The molecule has 0 aliphatic carbocycles. The van der Waals surface area contributed by atoms with Gasteiger partial charge in [-0.15, -0.1) is 0 Å². The van der Waals surface area contributed by atoms with Crippen molar-refractivity contribution < 1.29 is 4.74 Å². The van der Waals surface area contributed by atoms with Crippen LogP contribution in [0.2, 0.25) is 0 Å². The summed E-state index contributed by atoms with van der Waals surface area (Å²) in [5.74, 6) is 1.33. The monoisotopic (exact) mass is 327 g/mol. The van der Waals surface area contributed by atoms with Crippen LogP contribution in [0, 0.1) is 11.8 Å². The molecule has 2 nitrogen and oxygen atoms in total. The summed E-state index contributed by atoms with van der Waals surface area (Å²) in [6, 6.07) is 8.68. The van der Waals surface area contributed by atoms with Crippen LogP contribution < -0.4 is 5.32 Å². The van der Waals surface area contributed by atoms with Crippen molar-refractivity contribution in [3.8, 4) is 0 Å². The minimum absolute atomic E-state index is 0.663. The first-order valence-corrected chi connectivity index (χ1v) is 7.90. The van der Waals surface area contributed by atoms with Crippen molar-refractivity contribution >= 4 is 15.9 Å². The maximum atomic E-state index is 5.21. The number of halogens is 1. The van der Waals surface area contributed by atoms with Gasteiger partial charge in [0.05, 0.1) is 0 Å². The molecule has 0 aliphatic rings. The molecule has 0 saturated carbocycles. The van der Waals surface area contributed by atoms with Crippen molar-refractivity contribution in [2.24, 2.45) is 11.8 Å². The van der Waals surface area contributed by atoms with Gasteiger partial charge in [-0.2, -0.15) is 0 Å². The molecular formula is C16H26BrNO. The molecule has 0 aromatic heterocycles. The van der Waals surface area contributed by atoms with Crippen LogP contribution in [0.3, 0.4) is 0 Å². The summed E-state index contributed by atoms with van der Waals surface area (Å²) in [4.78, 5) is 0. The van der Waals surface area contributed by atoms with Crippen LogP contribution in [-0.2, 0) is 11.2 Å². The van der Waals surface area contributed by atoms with Crippen molar-refractivity contribution in [2.75, 3.05) is 26.8 Å². The van der Waals surface area contributed by atoms with Crippen molar-refractivity contribution in [1.82, 2.24) is 5.32 Å².